The number of nitrogens with zero attached hydrogens (tertiary/aromatic N) is 4. The highest BCUT2D eigenvalue weighted by molar-refractivity contribution is 6.06. The van der Waals surface area contributed by atoms with Crippen LogP contribution in [0.3, 0.4) is 0 Å². The molecule has 142 valence electrons. The molecular formula is C20H25N5O2. The first-order valence-electron chi connectivity index (χ1n) is 9.35. The Morgan fingerprint density at radius 1 is 1.33 bits per heavy atom. The molecule has 1 saturated heterocycles. The highest BCUT2D eigenvalue weighted by Gasteiger charge is 2.28. The minimum atomic E-state index is -0.0159. The monoisotopic (exact) mass is 367 g/mol. The molecule has 2 N–H and O–H groups in total. The molecule has 1 aliphatic heterocycles. The molecule has 3 aromatic heterocycles. The number of aromatic nitrogens is 3. The first-order chi connectivity index (χ1) is 12.8. The van der Waals surface area contributed by atoms with Gasteiger partial charge in [0.1, 0.15) is 11.5 Å². The summed E-state index contributed by atoms with van der Waals surface area (Å²) in [6.07, 6.45) is 2.57. The van der Waals surface area contributed by atoms with Gasteiger partial charge in [-0.15, -0.1) is 0 Å². The van der Waals surface area contributed by atoms with E-state index in [0.717, 1.165) is 34.6 Å². The predicted octanol–water partition coefficient (Wildman–Crippen LogP) is 3.06. The molecule has 0 unspecified atom stereocenters. The van der Waals surface area contributed by atoms with Crippen LogP contribution in [0.25, 0.3) is 22.3 Å². The fourth-order valence-corrected chi connectivity index (χ4v) is 3.74. The summed E-state index contributed by atoms with van der Waals surface area (Å²) in [5.41, 5.74) is 8.97. The van der Waals surface area contributed by atoms with Crippen LogP contribution in [0.4, 0.5) is 0 Å². The van der Waals surface area contributed by atoms with Crippen LogP contribution in [0.2, 0.25) is 0 Å². The highest BCUT2D eigenvalue weighted by Crippen LogP contribution is 2.31. The molecule has 4 heterocycles. The van der Waals surface area contributed by atoms with Crippen molar-refractivity contribution in [1.29, 1.82) is 0 Å². The number of carbonyl (C=O) groups is 1. The summed E-state index contributed by atoms with van der Waals surface area (Å²) in [7, 11) is 0. The minimum absolute atomic E-state index is 0.0159. The summed E-state index contributed by atoms with van der Waals surface area (Å²) in [5.74, 6) is 1.59. The van der Waals surface area contributed by atoms with Crippen LogP contribution in [-0.2, 0) is 0 Å². The SMILES string of the molecule is Cc1cc(-c2cc(C(=O)N3CC[C@@H](N)C3)c3cnn(C(C)C)c3n2)c(C)o1. The van der Waals surface area contributed by atoms with Crippen molar-refractivity contribution in [2.24, 2.45) is 5.73 Å². The summed E-state index contributed by atoms with van der Waals surface area (Å²) in [6.45, 7) is 9.19. The molecule has 4 rings (SSSR count). The number of hydrogen-bond donors (Lipinski definition) is 1. The molecule has 0 radical (unpaired) electrons. The van der Waals surface area contributed by atoms with Gasteiger partial charge in [0.25, 0.3) is 5.91 Å². The van der Waals surface area contributed by atoms with E-state index in [9.17, 15) is 4.79 Å². The Bertz CT molecular complexity index is 1020. The molecule has 0 aromatic carbocycles. The minimum Gasteiger partial charge on any atom is -0.466 e. The highest BCUT2D eigenvalue weighted by atomic mass is 16.3. The van der Waals surface area contributed by atoms with Crippen LogP contribution in [0.15, 0.2) is 22.7 Å². The zero-order chi connectivity index (χ0) is 19.3. The van der Waals surface area contributed by atoms with Gasteiger partial charge in [-0.05, 0) is 46.2 Å². The van der Waals surface area contributed by atoms with Crippen molar-refractivity contribution in [2.45, 2.75) is 46.2 Å². The van der Waals surface area contributed by atoms with Crippen LogP contribution in [-0.4, -0.2) is 44.7 Å². The zero-order valence-corrected chi connectivity index (χ0v) is 16.2. The molecule has 0 aliphatic carbocycles. The van der Waals surface area contributed by atoms with Crippen LogP contribution < -0.4 is 5.73 Å². The van der Waals surface area contributed by atoms with Crippen LogP contribution in [0.1, 0.15) is 48.2 Å². The van der Waals surface area contributed by atoms with Gasteiger partial charge in [0, 0.05) is 30.7 Å². The standard InChI is InChI=1S/C20H25N5O2/c1-11(2)25-19-17(9-22-25)16(20(26)24-6-5-14(21)10-24)8-18(23-19)15-7-12(3)27-13(15)4/h7-9,11,14H,5-6,10,21H2,1-4H3/t14-/m1/s1. The van der Waals surface area contributed by atoms with E-state index in [1.165, 1.54) is 0 Å². The summed E-state index contributed by atoms with van der Waals surface area (Å²) in [6, 6.07) is 4.00. The van der Waals surface area contributed by atoms with Gasteiger partial charge in [0.15, 0.2) is 5.65 Å². The second-order valence-corrected chi connectivity index (χ2v) is 7.60. The van der Waals surface area contributed by atoms with Crippen molar-refractivity contribution >= 4 is 16.9 Å². The van der Waals surface area contributed by atoms with Gasteiger partial charge < -0.3 is 15.1 Å². The second-order valence-electron chi connectivity index (χ2n) is 7.60. The van der Waals surface area contributed by atoms with E-state index >= 15 is 0 Å². The second kappa shape index (κ2) is 6.49. The van der Waals surface area contributed by atoms with Gasteiger partial charge in [-0.1, -0.05) is 0 Å². The number of likely N-dealkylation sites (tertiary alicyclic amines) is 1. The molecule has 27 heavy (non-hydrogen) atoms. The summed E-state index contributed by atoms with van der Waals surface area (Å²) >= 11 is 0. The molecule has 3 aromatic rings. The van der Waals surface area contributed by atoms with Crippen molar-refractivity contribution in [3.63, 3.8) is 0 Å². The van der Waals surface area contributed by atoms with Crippen LogP contribution in [0.5, 0.6) is 0 Å². The zero-order valence-electron chi connectivity index (χ0n) is 16.2. The van der Waals surface area contributed by atoms with E-state index in [-0.39, 0.29) is 18.0 Å². The van der Waals surface area contributed by atoms with Crippen molar-refractivity contribution in [3.8, 4) is 11.3 Å². The Hall–Kier alpha value is -2.67. The average Bonchev–Trinajstić information content (AvgIpc) is 3.31. The Balaban J connectivity index is 1.91. The maximum atomic E-state index is 13.2. The van der Waals surface area contributed by atoms with E-state index in [4.69, 9.17) is 15.1 Å². The average molecular weight is 367 g/mol. The molecule has 0 saturated carbocycles. The van der Waals surface area contributed by atoms with E-state index in [2.05, 4.69) is 18.9 Å². The van der Waals surface area contributed by atoms with Gasteiger partial charge in [-0.2, -0.15) is 5.10 Å². The third-order valence-corrected chi connectivity index (χ3v) is 5.12. The number of fused-ring (bicyclic) bond motifs is 1. The maximum Gasteiger partial charge on any atom is 0.254 e. The number of rotatable bonds is 3. The van der Waals surface area contributed by atoms with E-state index in [1.54, 1.807) is 6.20 Å². The fraction of sp³-hybridized carbons (Fsp3) is 0.450. The number of aryl methyl sites for hydroxylation is 2. The number of carbonyl (C=O) groups excluding carboxylic acids is 1. The smallest absolute Gasteiger partial charge is 0.254 e. The molecule has 1 aliphatic rings. The Kier molecular flexibility index (Phi) is 4.26. The van der Waals surface area contributed by atoms with Gasteiger partial charge in [-0.3, -0.25) is 4.79 Å². The normalized spacial score (nSPS) is 17.4. The van der Waals surface area contributed by atoms with Gasteiger partial charge >= 0.3 is 0 Å². The fourth-order valence-electron chi connectivity index (χ4n) is 3.74. The number of pyridine rings is 1. The quantitative estimate of drug-likeness (QED) is 0.768. The molecule has 1 fully saturated rings. The first-order valence-corrected chi connectivity index (χ1v) is 9.35. The third kappa shape index (κ3) is 3.02. The molecular weight excluding hydrogens is 342 g/mol. The topological polar surface area (TPSA) is 90.2 Å². The lowest BCUT2D eigenvalue weighted by Gasteiger charge is -2.17. The van der Waals surface area contributed by atoms with Gasteiger partial charge in [0.05, 0.1) is 22.8 Å². The summed E-state index contributed by atoms with van der Waals surface area (Å²) in [5, 5.41) is 5.25. The van der Waals surface area contributed by atoms with Crippen molar-refractivity contribution in [1.82, 2.24) is 19.7 Å². The number of nitrogens with two attached hydrogens (primary N) is 1. The lowest BCUT2D eigenvalue weighted by atomic mass is 10.1. The number of hydrogen-bond acceptors (Lipinski definition) is 5. The maximum absolute atomic E-state index is 13.2. The van der Waals surface area contributed by atoms with Crippen molar-refractivity contribution in [3.05, 3.63) is 35.4 Å². The first kappa shape index (κ1) is 17.7. The number of furan rings is 1. The molecule has 7 heteroatoms. The van der Waals surface area contributed by atoms with E-state index < -0.39 is 0 Å². The molecule has 7 nitrogen and oxygen atoms in total. The van der Waals surface area contributed by atoms with Gasteiger partial charge in [0.2, 0.25) is 0 Å². The Morgan fingerprint density at radius 2 is 2.11 bits per heavy atom. The van der Waals surface area contributed by atoms with Crippen LogP contribution >= 0.6 is 0 Å². The largest absolute Gasteiger partial charge is 0.466 e. The molecule has 1 atom stereocenters. The summed E-state index contributed by atoms with van der Waals surface area (Å²) < 4.78 is 7.53. The molecule has 1 amide bonds. The molecule has 0 bridgehead atoms. The molecule has 0 spiro atoms. The third-order valence-electron chi connectivity index (χ3n) is 5.12. The van der Waals surface area contributed by atoms with Crippen molar-refractivity contribution < 1.29 is 9.21 Å². The lowest BCUT2D eigenvalue weighted by molar-refractivity contribution is 0.0793. The lowest BCUT2D eigenvalue weighted by Crippen LogP contribution is -2.32. The van der Waals surface area contributed by atoms with Crippen molar-refractivity contribution in [2.75, 3.05) is 13.1 Å². The predicted molar refractivity (Wildman–Crippen MR) is 104 cm³/mol. The van der Waals surface area contributed by atoms with E-state index in [0.29, 0.717) is 24.3 Å². The number of amides is 1. The summed E-state index contributed by atoms with van der Waals surface area (Å²) in [4.78, 5) is 19.9. The Morgan fingerprint density at radius 3 is 2.70 bits per heavy atom. The Labute approximate surface area is 158 Å². The van der Waals surface area contributed by atoms with E-state index in [1.807, 2.05) is 35.6 Å². The van der Waals surface area contributed by atoms with Gasteiger partial charge in [-0.25, -0.2) is 9.67 Å². The van der Waals surface area contributed by atoms with Crippen LogP contribution in [0, 0.1) is 13.8 Å².